The molecular weight excluding hydrogens is 1010 g/mol. The molecule has 0 aromatic rings. The summed E-state index contributed by atoms with van der Waals surface area (Å²) in [5, 5.41) is 0. The van der Waals surface area contributed by atoms with Gasteiger partial charge >= 0.3 is 23.9 Å². The monoisotopic (exact) mass is 1150 g/mol. The molecule has 478 valence electrons. The summed E-state index contributed by atoms with van der Waals surface area (Å²) in [6.45, 7) is 15.4. The maximum Gasteiger partial charge on any atom is 0.323 e. The highest BCUT2D eigenvalue weighted by atomic mass is 16.7. The lowest BCUT2D eigenvalue weighted by atomic mass is 9.97. The normalized spacial score (nSPS) is 15.2. The van der Waals surface area contributed by atoms with Gasteiger partial charge in [0.05, 0.1) is 25.7 Å². The molecule has 0 aromatic carbocycles. The van der Waals surface area contributed by atoms with E-state index in [1.165, 1.54) is 173 Å². The molecule has 0 N–H and O–H groups in total. The predicted molar refractivity (Wildman–Crippen MR) is 339 cm³/mol. The van der Waals surface area contributed by atoms with Crippen LogP contribution in [0, 0.1) is 0 Å². The summed E-state index contributed by atoms with van der Waals surface area (Å²) in [6.07, 6.45) is 52.3. The molecule has 1 saturated heterocycles. The first-order chi connectivity index (χ1) is 39.4. The van der Waals surface area contributed by atoms with Gasteiger partial charge in [0.15, 0.2) is 0 Å². The minimum absolute atomic E-state index is 0.0525. The Morgan fingerprint density at radius 1 is 0.469 bits per heavy atom. The minimum Gasteiger partial charge on any atom is -0.466 e. The van der Waals surface area contributed by atoms with Crippen LogP contribution in [0.1, 0.15) is 356 Å². The van der Waals surface area contributed by atoms with Gasteiger partial charge in [-0.25, -0.2) is 0 Å². The quantitative estimate of drug-likeness (QED) is 0.0250. The van der Waals surface area contributed by atoms with E-state index >= 15 is 0 Å². The van der Waals surface area contributed by atoms with Crippen LogP contribution in [0.3, 0.4) is 0 Å². The lowest BCUT2D eigenvalue weighted by Gasteiger charge is -2.37. The largest absolute Gasteiger partial charge is 0.466 e. The second kappa shape index (κ2) is 54.4. The van der Waals surface area contributed by atoms with Crippen molar-refractivity contribution in [3.63, 3.8) is 0 Å². The van der Waals surface area contributed by atoms with Gasteiger partial charge in [-0.15, -0.1) is 0 Å². The Balaban J connectivity index is 2.84. The van der Waals surface area contributed by atoms with Gasteiger partial charge in [0.25, 0.3) is 0 Å². The average molecular weight is 1150 g/mol. The number of likely N-dealkylation sites (tertiary alicyclic amines) is 1. The van der Waals surface area contributed by atoms with Gasteiger partial charge in [-0.3, -0.25) is 24.1 Å². The molecule has 3 atom stereocenters. The second-order valence-electron chi connectivity index (χ2n) is 25.2. The van der Waals surface area contributed by atoms with Gasteiger partial charge in [0, 0.05) is 44.7 Å². The van der Waals surface area contributed by atoms with Crippen molar-refractivity contribution in [3.8, 4) is 0 Å². The highest BCUT2D eigenvalue weighted by Crippen LogP contribution is 2.34. The number of carbonyl (C=O) groups excluding carboxylic acids is 4. The van der Waals surface area contributed by atoms with Crippen LogP contribution in [-0.4, -0.2) is 104 Å². The molecular formula is C70H134N2O9. The molecule has 1 aliphatic rings. The second-order valence-corrected chi connectivity index (χ2v) is 25.2. The number of carbonyl (C=O) groups is 4. The zero-order valence-electron chi connectivity index (χ0n) is 54.9. The van der Waals surface area contributed by atoms with Gasteiger partial charge < -0.3 is 28.6 Å². The van der Waals surface area contributed by atoms with Crippen LogP contribution in [0.25, 0.3) is 0 Å². The molecule has 0 saturated carbocycles. The highest BCUT2D eigenvalue weighted by Gasteiger charge is 2.40. The summed E-state index contributed by atoms with van der Waals surface area (Å²) < 4.78 is 31.5. The van der Waals surface area contributed by atoms with Gasteiger partial charge in [-0.2, -0.15) is 0 Å². The Morgan fingerprint density at radius 2 is 0.864 bits per heavy atom. The smallest absolute Gasteiger partial charge is 0.323 e. The molecule has 0 radical (unpaired) electrons. The SMILES string of the molecule is CCCCCCCCCCCOC(=O)CCCCCN1CC(OC(=O)CC(C)N(C)C)C[C@H]1C(=O)OCCCCCCCC(=O)OC(CCCCCCCC)(CCCCCCCC)OC(CCCCCCCC)CCCCCCCC. The molecule has 11 heteroatoms. The van der Waals surface area contributed by atoms with E-state index in [0.717, 1.165) is 116 Å². The minimum atomic E-state index is -0.853. The van der Waals surface area contributed by atoms with Crippen molar-refractivity contribution in [2.45, 2.75) is 386 Å². The molecule has 81 heavy (non-hydrogen) atoms. The Kier molecular flexibility index (Phi) is 51.6. The molecule has 1 heterocycles. The molecule has 0 spiro atoms. The van der Waals surface area contributed by atoms with Crippen molar-refractivity contribution >= 4 is 23.9 Å². The zero-order valence-corrected chi connectivity index (χ0v) is 54.9. The number of hydrogen-bond donors (Lipinski definition) is 0. The van der Waals surface area contributed by atoms with E-state index in [1.54, 1.807) is 0 Å². The molecule has 0 amide bonds. The van der Waals surface area contributed by atoms with Crippen LogP contribution < -0.4 is 0 Å². The molecule has 0 aliphatic carbocycles. The first-order valence-electron chi connectivity index (χ1n) is 35.3. The summed E-state index contributed by atoms with van der Waals surface area (Å²) in [4.78, 5) is 57.2. The van der Waals surface area contributed by atoms with Crippen LogP contribution in [0.4, 0.5) is 0 Å². The van der Waals surface area contributed by atoms with Gasteiger partial charge in [-0.1, -0.05) is 253 Å². The molecule has 1 fully saturated rings. The lowest BCUT2D eigenvalue weighted by molar-refractivity contribution is -0.259. The zero-order chi connectivity index (χ0) is 59.3. The van der Waals surface area contributed by atoms with Crippen molar-refractivity contribution in [3.05, 3.63) is 0 Å². The van der Waals surface area contributed by atoms with Crippen molar-refractivity contribution < 1.29 is 42.9 Å². The Morgan fingerprint density at radius 3 is 1.33 bits per heavy atom. The van der Waals surface area contributed by atoms with Gasteiger partial charge in [-0.05, 0) is 85.4 Å². The average Bonchev–Trinajstić information content (AvgIpc) is 3.86. The summed E-state index contributed by atoms with van der Waals surface area (Å²) >= 11 is 0. The number of ether oxygens (including phenoxy) is 5. The number of unbranched alkanes of at least 4 members (excludes halogenated alkanes) is 34. The van der Waals surface area contributed by atoms with E-state index in [4.69, 9.17) is 23.7 Å². The number of esters is 4. The van der Waals surface area contributed by atoms with E-state index < -0.39 is 11.8 Å². The van der Waals surface area contributed by atoms with E-state index in [2.05, 4.69) is 39.5 Å². The molecule has 0 bridgehead atoms. The van der Waals surface area contributed by atoms with E-state index in [1.807, 2.05) is 25.9 Å². The predicted octanol–water partition coefficient (Wildman–Crippen LogP) is 19.5. The maximum atomic E-state index is 14.0. The molecule has 1 rings (SSSR count). The third kappa shape index (κ3) is 44.0. The summed E-state index contributed by atoms with van der Waals surface area (Å²) in [5.41, 5.74) is 0. The van der Waals surface area contributed by atoms with Crippen molar-refractivity contribution in [1.29, 1.82) is 0 Å². The Bertz CT molecular complexity index is 1430. The first-order valence-corrected chi connectivity index (χ1v) is 35.3. The summed E-state index contributed by atoms with van der Waals surface area (Å²) in [5.74, 6) is -1.59. The fraction of sp³-hybridized carbons (Fsp3) is 0.943. The number of nitrogens with zero attached hydrogens (tertiary/aromatic N) is 2. The Labute approximate surface area is 501 Å². The van der Waals surface area contributed by atoms with E-state index in [9.17, 15) is 19.2 Å². The van der Waals surface area contributed by atoms with Crippen LogP contribution in [-0.2, 0) is 42.9 Å². The van der Waals surface area contributed by atoms with Gasteiger partial charge in [0.2, 0.25) is 5.79 Å². The fourth-order valence-corrected chi connectivity index (χ4v) is 11.5. The van der Waals surface area contributed by atoms with Crippen LogP contribution >= 0.6 is 0 Å². The summed E-state index contributed by atoms with van der Waals surface area (Å²) in [6, 6.07) is -0.419. The molecule has 0 aromatic heterocycles. The maximum absolute atomic E-state index is 14.0. The van der Waals surface area contributed by atoms with Crippen LogP contribution in [0.2, 0.25) is 0 Å². The van der Waals surface area contributed by atoms with Crippen molar-refractivity contribution in [2.24, 2.45) is 0 Å². The van der Waals surface area contributed by atoms with Gasteiger partial charge in [0.1, 0.15) is 12.1 Å². The van der Waals surface area contributed by atoms with Crippen molar-refractivity contribution in [1.82, 2.24) is 9.80 Å². The van der Waals surface area contributed by atoms with E-state index in [0.29, 0.717) is 52.0 Å². The number of rotatable bonds is 60. The molecule has 11 nitrogen and oxygen atoms in total. The molecule has 2 unspecified atom stereocenters. The van der Waals surface area contributed by atoms with E-state index in [-0.39, 0.29) is 42.1 Å². The van der Waals surface area contributed by atoms with Crippen LogP contribution in [0.5, 0.6) is 0 Å². The lowest BCUT2D eigenvalue weighted by Crippen LogP contribution is -2.42. The van der Waals surface area contributed by atoms with Crippen LogP contribution in [0.15, 0.2) is 0 Å². The van der Waals surface area contributed by atoms with Crippen molar-refractivity contribution in [2.75, 3.05) is 40.4 Å². The first kappa shape index (κ1) is 76.8. The summed E-state index contributed by atoms with van der Waals surface area (Å²) in [7, 11) is 3.91. The third-order valence-corrected chi connectivity index (χ3v) is 17.1. The standard InChI is InChI=1S/C70H134N2O9/c1-9-14-19-24-29-30-31-38-48-57-77-66(73)52-44-40-47-56-72-61-64(79-68(75)59-62(6)71(7)8)60-65(72)69(76)78-58-49-39-32-35-43-53-67(74)81-70(54-45-36-27-22-17-12-4,55-46-37-28-23-18-13-5)80-63(50-41-33-25-20-15-10-2)51-42-34-26-21-16-11-3/h62-65H,9-61H2,1-8H3/t62?,64?,65-/m0/s1. The Hall–Kier alpha value is -2.24. The highest BCUT2D eigenvalue weighted by molar-refractivity contribution is 5.76. The topological polar surface area (TPSA) is 121 Å². The number of hydrogen-bond acceptors (Lipinski definition) is 11. The fourth-order valence-electron chi connectivity index (χ4n) is 11.5. The third-order valence-electron chi connectivity index (χ3n) is 17.1. The molecule has 1 aliphatic heterocycles.